The second-order valence-corrected chi connectivity index (χ2v) is 9.83. The second kappa shape index (κ2) is 12.6. The molecule has 0 aliphatic rings. The average molecular weight is 580 g/mol. The summed E-state index contributed by atoms with van der Waals surface area (Å²) in [6.07, 6.45) is 1.08. The summed E-state index contributed by atoms with van der Waals surface area (Å²) in [5.74, 6) is -3.41. The minimum absolute atomic E-state index is 0.102. The van der Waals surface area contributed by atoms with Gasteiger partial charge in [-0.25, -0.2) is 9.07 Å². The zero-order valence-electron chi connectivity index (χ0n) is 23.3. The average Bonchev–Trinajstić information content (AvgIpc) is 3.54. The largest absolute Gasteiger partial charge is 0.468 e. The number of fused-ring (bicyclic) bond motifs is 2. The molecule has 0 bridgehead atoms. The molecule has 42 heavy (non-hydrogen) atoms. The summed E-state index contributed by atoms with van der Waals surface area (Å²) in [7, 11) is 1.19. The van der Waals surface area contributed by atoms with Crippen LogP contribution in [0.5, 0.6) is 0 Å². The number of rotatable bonds is 11. The molecule has 220 valence electrons. The van der Waals surface area contributed by atoms with Gasteiger partial charge < -0.3 is 21.1 Å². The van der Waals surface area contributed by atoms with Gasteiger partial charge in [-0.15, -0.1) is 0 Å². The van der Waals surface area contributed by atoms with Gasteiger partial charge in [0.15, 0.2) is 0 Å². The Kier molecular flexibility index (Phi) is 8.93. The number of nitrogens with zero attached hydrogens (tertiary/aromatic N) is 4. The van der Waals surface area contributed by atoms with Crippen LogP contribution in [0.25, 0.3) is 32.9 Å². The third kappa shape index (κ3) is 6.43. The normalized spacial score (nSPS) is 11.2. The van der Waals surface area contributed by atoms with E-state index in [1.165, 1.54) is 30.1 Å². The van der Waals surface area contributed by atoms with Crippen molar-refractivity contribution in [3.05, 3.63) is 48.0 Å². The molecule has 4 aromatic rings. The van der Waals surface area contributed by atoms with Crippen LogP contribution in [-0.4, -0.2) is 69.4 Å². The molecule has 0 radical (unpaired) electrons. The Balaban J connectivity index is 1.67. The van der Waals surface area contributed by atoms with Crippen molar-refractivity contribution in [1.82, 2.24) is 30.2 Å². The summed E-state index contributed by atoms with van der Waals surface area (Å²) < 4.78 is 22.6. The predicted octanol–water partition coefficient (Wildman–Crippen LogP) is 1.63. The van der Waals surface area contributed by atoms with Crippen LogP contribution in [0.15, 0.2) is 36.5 Å². The number of benzene rings is 2. The first kappa shape index (κ1) is 29.8. The Morgan fingerprint density at radius 1 is 1.00 bits per heavy atom. The van der Waals surface area contributed by atoms with E-state index in [9.17, 15) is 24.0 Å². The Hall–Kier alpha value is -5.14. The number of esters is 1. The number of aromatic nitrogens is 4. The zero-order chi connectivity index (χ0) is 30.6. The summed E-state index contributed by atoms with van der Waals surface area (Å²) in [5, 5.41) is 14.6. The lowest BCUT2D eigenvalue weighted by Gasteiger charge is -2.10. The fourth-order valence-electron chi connectivity index (χ4n) is 4.47. The monoisotopic (exact) mass is 579 g/mol. The van der Waals surface area contributed by atoms with Crippen LogP contribution in [0.2, 0.25) is 0 Å². The Morgan fingerprint density at radius 3 is 2.43 bits per heavy atom. The van der Waals surface area contributed by atoms with Crippen LogP contribution < -0.4 is 16.4 Å². The van der Waals surface area contributed by atoms with Gasteiger partial charge in [0.05, 0.1) is 36.6 Å². The molecule has 2 heterocycles. The SMILES string of the molecule is COC(=O)CNC(=O)CNC(=O)Cn1nc(C(C)C)c2c(-c3cc4c(cnn4C(=O)CCC(N)=O)cc3F)cccc21. The van der Waals surface area contributed by atoms with E-state index in [2.05, 4.69) is 25.6 Å². The second-order valence-electron chi connectivity index (χ2n) is 9.83. The fourth-order valence-corrected chi connectivity index (χ4v) is 4.47. The molecule has 0 spiro atoms. The van der Waals surface area contributed by atoms with Gasteiger partial charge in [0, 0.05) is 29.2 Å². The molecule has 0 fully saturated rings. The van der Waals surface area contributed by atoms with Gasteiger partial charge in [-0.1, -0.05) is 26.0 Å². The first-order chi connectivity index (χ1) is 20.0. The highest BCUT2D eigenvalue weighted by Gasteiger charge is 2.22. The summed E-state index contributed by atoms with van der Waals surface area (Å²) in [4.78, 5) is 59.6. The standard InChI is InChI=1S/C28H30FN7O6/c1-15(2)28-27-17(18-10-21-16(9-19(18)29)11-33-36(21)25(40)8-7-22(30)37)5-4-6-20(27)35(34-28)14-24(39)31-12-23(38)32-13-26(41)42-3/h4-6,9-11,15H,7-8,12-14H2,1-3H3,(H2,30,37)(H,31,39)(H,32,38). The molecular weight excluding hydrogens is 549 g/mol. The molecule has 0 unspecified atom stereocenters. The number of nitrogens with one attached hydrogen (secondary N) is 2. The molecule has 4 N–H and O–H groups in total. The number of methoxy groups -OCH3 is 1. The highest BCUT2D eigenvalue weighted by molar-refractivity contribution is 6.01. The predicted molar refractivity (Wildman–Crippen MR) is 150 cm³/mol. The maximum absolute atomic E-state index is 15.5. The first-order valence-electron chi connectivity index (χ1n) is 13.1. The van der Waals surface area contributed by atoms with Crippen molar-refractivity contribution in [3.63, 3.8) is 0 Å². The molecule has 0 atom stereocenters. The van der Waals surface area contributed by atoms with Crippen LogP contribution in [0.1, 0.15) is 43.1 Å². The Labute approximate surface area is 239 Å². The van der Waals surface area contributed by atoms with Crippen molar-refractivity contribution in [3.8, 4) is 11.1 Å². The maximum atomic E-state index is 15.5. The Bertz CT molecular complexity index is 1710. The van der Waals surface area contributed by atoms with E-state index in [1.54, 1.807) is 18.2 Å². The lowest BCUT2D eigenvalue weighted by atomic mass is 9.95. The minimum Gasteiger partial charge on any atom is -0.468 e. The van der Waals surface area contributed by atoms with E-state index in [1.807, 2.05) is 13.8 Å². The lowest BCUT2D eigenvalue weighted by molar-refractivity contribution is -0.141. The summed E-state index contributed by atoms with van der Waals surface area (Å²) in [6, 6.07) is 7.99. The van der Waals surface area contributed by atoms with Crippen molar-refractivity contribution < 1.29 is 33.1 Å². The van der Waals surface area contributed by atoms with Crippen molar-refractivity contribution in [2.24, 2.45) is 5.73 Å². The first-order valence-corrected chi connectivity index (χ1v) is 13.1. The summed E-state index contributed by atoms with van der Waals surface area (Å²) >= 11 is 0. The quantitative estimate of drug-likeness (QED) is 0.224. The molecular formula is C28H30FN7O6. The molecule has 13 nitrogen and oxygen atoms in total. The van der Waals surface area contributed by atoms with Crippen LogP contribution in [0.4, 0.5) is 4.39 Å². The highest BCUT2D eigenvalue weighted by Crippen LogP contribution is 2.37. The van der Waals surface area contributed by atoms with Gasteiger partial charge in [-0.2, -0.15) is 10.2 Å². The molecule has 4 rings (SSSR count). The maximum Gasteiger partial charge on any atom is 0.325 e. The number of halogens is 1. The topological polar surface area (TPSA) is 180 Å². The number of amides is 3. The van der Waals surface area contributed by atoms with E-state index >= 15 is 4.39 Å². The van der Waals surface area contributed by atoms with Gasteiger partial charge in [0.2, 0.25) is 23.6 Å². The molecule has 0 saturated heterocycles. The number of hydrogen-bond donors (Lipinski definition) is 3. The molecule has 14 heteroatoms. The van der Waals surface area contributed by atoms with Gasteiger partial charge in [0.1, 0.15) is 18.9 Å². The van der Waals surface area contributed by atoms with Crippen molar-refractivity contribution in [1.29, 1.82) is 0 Å². The number of hydrogen-bond acceptors (Lipinski definition) is 8. The van der Waals surface area contributed by atoms with Gasteiger partial charge in [-0.3, -0.25) is 28.7 Å². The van der Waals surface area contributed by atoms with Crippen molar-refractivity contribution in [2.45, 2.75) is 39.2 Å². The van der Waals surface area contributed by atoms with Crippen LogP contribution in [0.3, 0.4) is 0 Å². The third-order valence-electron chi connectivity index (χ3n) is 6.52. The molecule has 2 aromatic carbocycles. The van der Waals surface area contributed by atoms with E-state index in [0.717, 1.165) is 4.68 Å². The molecule has 0 saturated carbocycles. The van der Waals surface area contributed by atoms with E-state index in [0.29, 0.717) is 33.1 Å². The molecule has 0 aliphatic heterocycles. The van der Waals surface area contributed by atoms with E-state index in [-0.39, 0.29) is 44.0 Å². The van der Waals surface area contributed by atoms with Crippen LogP contribution in [0, 0.1) is 5.82 Å². The van der Waals surface area contributed by atoms with E-state index in [4.69, 9.17) is 5.73 Å². The van der Waals surface area contributed by atoms with Crippen LogP contribution >= 0.6 is 0 Å². The molecule has 3 amide bonds. The number of primary amides is 1. The Morgan fingerprint density at radius 2 is 1.74 bits per heavy atom. The van der Waals surface area contributed by atoms with Gasteiger partial charge in [0.25, 0.3) is 0 Å². The lowest BCUT2D eigenvalue weighted by Crippen LogP contribution is -2.40. The van der Waals surface area contributed by atoms with E-state index < -0.39 is 35.4 Å². The summed E-state index contributed by atoms with van der Waals surface area (Å²) in [6.45, 7) is 2.94. The smallest absolute Gasteiger partial charge is 0.325 e. The minimum atomic E-state index is -0.621. The van der Waals surface area contributed by atoms with Crippen LogP contribution in [-0.2, 0) is 30.5 Å². The van der Waals surface area contributed by atoms with Crippen molar-refractivity contribution >= 4 is 51.4 Å². The number of nitrogens with two attached hydrogens (primary N) is 1. The van der Waals surface area contributed by atoms with Gasteiger partial charge >= 0.3 is 5.97 Å². The third-order valence-corrected chi connectivity index (χ3v) is 6.52. The number of carbonyl (C=O) groups excluding carboxylic acids is 5. The molecule has 2 aromatic heterocycles. The zero-order valence-corrected chi connectivity index (χ0v) is 23.3. The number of carbonyl (C=O) groups is 5. The summed E-state index contributed by atoms with van der Waals surface area (Å²) in [5.41, 5.74) is 7.42. The van der Waals surface area contributed by atoms with Gasteiger partial charge in [-0.05, 0) is 29.7 Å². The number of ether oxygens (including phenoxy) is 1. The van der Waals surface area contributed by atoms with Crippen molar-refractivity contribution in [2.75, 3.05) is 20.2 Å². The fraction of sp³-hybridized carbons (Fsp3) is 0.321. The highest BCUT2D eigenvalue weighted by atomic mass is 19.1. The molecule has 0 aliphatic carbocycles.